The van der Waals surface area contributed by atoms with E-state index in [1.54, 1.807) is 6.20 Å². The number of amides is 3. The van der Waals surface area contributed by atoms with Gasteiger partial charge >= 0.3 is 12.4 Å². The first-order chi connectivity index (χ1) is 16.2. The van der Waals surface area contributed by atoms with Gasteiger partial charge in [-0.3, -0.25) is 9.78 Å². The fraction of sp³-hybridized carbons (Fsp3) is 0.292. The number of pyridine rings is 1. The Morgan fingerprint density at radius 1 is 1.09 bits per heavy atom. The number of carbonyl (C=O) groups excluding carboxylic acids is 2. The number of anilines is 1. The minimum atomic E-state index is -4.81. The zero-order chi connectivity index (χ0) is 24.0. The molecule has 2 fully saturated rings. The molecule has 0 spiro atoms. The monoisotopic (exact) mass is 489 g/mol. The lowest BCUT2D eigenvalue weighted by Crippen LogP contribution is -2.61. The van der Waals surface area contributed by atoms with E-state index in [2.05, 4.69) is 15.0 Å². The van der Waals surface area contributed by atoms with Crippen LogP contribution in [0.5, 0.6) is 5.75 Å². The van der Waals surface area contributed by atoms with Crippen molar-refractivity contribution in [1.82, 2.24) is 10.3 Å². The highest BCUT2D eigenvalue weighted by atomic mass is 35.5. The van der Waals surface area contributed by atoms with Crippen molar-refractivity contribution in [3.8, 4) is 5.75 Å². The van der Waals surface area contributed by atoms with Gasteiger partial charge in [0.2, 0.25) is 5.91 Å². The molecule has 2 heterocycles. The summed E-state index contributed by atoms with van der Waals surface area (Å²) in [4.78, 5) is 31.7. The second-order valence-corrected chi connectivity index (χ2v) is 8.86. The summed E-state index contributed by atoms with van der Waals surface area (Å²) in [6.07, 6.45) is -0.300. The van der Waals surface area contributed by atoms with Crippen molar-refractivity contribution in [1.29, 1.82) is 0 Å². The van der Waals surface area contributed by atoms with Gasteiger partial charge in [0.15, 0.2) is 0 Å². The van der Waals surface area contributed by atoms with Crippen molar-refractivity contribution >= 4 is 40.0 Å². The maximum absolute atomic E-state index is 13.4. The van der Waals surface area contributed by atoms with E-state index in [0.29, 0.717) is 35.5 Å². The smallest absolute Gasteiger partial charge is 0.406 e. The first-order valence-electron chi connectivity index (χ1n) is 10.7. The molecular weight excluding hydrogens is 471 g/mol. The van der Waals surface area contributed by atoms with Crippen LogP contribution in [0.15, 0.2) is 54.9 Å². The molecule has 10 heteroatoms. The van der Waals surface area contributed by atoms with Crippen LogP contribution in [-0.4, -0.2) is 29.3 Å². The zero-order valence-corrected chi connectivity index (χ0v) is 18.4. The molecule has 1 aliphatic carbocycles. The van der Waals surface area contributed by atoms with Gasteiger partial charge in [-0.25, -0.2) is 9.69 Å². The summed E-state index contributed by atoms with van der Waals surface area (Å²) in [7, 11) is 0. The van der Waals surface area contributed by atoms with Gasteiger partial charge in [0, 0.05) is 28.0 Å². The van der Waals surface area contributed by atoms with E-state index >= 15 is 0 Å². The predicted molar refractivity (Wildman–Crippen MR) is 120 cm³/mol. The van der Waals surface area contributed by atoms with Crippen molar-refractivity contribution in [3.05, 3.63) is 65.4 Å². The SMILES string of the molecule is O=C1NC2CC(c3cc(OC(F)(F)F)ccc3Cl)CCC2C(=O)N1c1cncc2ccccc12. The Morgan fingerprint density at radius 2 is 1.88 bits per heavy atom. The third-order valence-corrected chi connectivity index (χ3v) is 6.77. The van der Waals surface area contributed by atoms with Gasteiger partial charge in [-0.1, -0.05) is 35.9 Å². The fourth-order valence-electron chi connectivity index (χ4n) is 4.94. The van der Waals surface area contributed by atoms with Crippen molar-refractivity contribution in [2.24, 2.45) is 5.92 Å². The molecule has 2 aliphatic rings. The number of benzene rings is 2. The highest BCUT2D eigenvalue weighted by molar-refractivity contribution is 6.31. The van der Waals surface area contributed by atoms with Crippen molar-refractivity contribution in [2.45, 2.75) is 37.6 Å². The number of carbonyl (C=O) groups is 2. The van der Waals surface area contributed by atoms with Crippen LogP contribution in [0.4, 0.5) is 23.7 Å². The average molecular weight is 490 g/mol. The number of fused-ring (bicyclic) bond motifs is 2. The van der Waals surface area contributed by atoms with Crippen LogP contribution < -0.4 is 15.0 Å². The summed E-state index contributed by atoms with van der Waals surface area (Å²) in [6, 6.07) is 10.2. The van der Waals surface area contributed by atoms with Crippen molar-refractivity contribution < 1.29 is 27.5 Å². The lowest BCUT2D eigenvalue weighted by atomic mass is 9.74. The number of hydrogen-bond acceptors (Lipinski definition) is 4. The molecule has 34 heavy (non-hydrogen) atoms. The highest BCUT2D eigenvalue weighted by Crippen LogP contribution is 2.43. The summed E-state index contributed by atoms with van der Waals surface area (Å²) in [6.45, 7) is 0. The van der Waals surface area contributed by atoms with Gasteiger partial charge in [-0.15, -0.1) is 13.2 Å². The topological polar surface area (TPSA) is 71.5 Å². The molecule has 1 N–H and O–H groups in total. The van der Waals surface area contributed by atoms with Gasteiger partial charge in [-0.2, -0.15) is 0 Å². The Bertz CT molecular complexity index is 1280. The van der Waals surface area contributed by atoms with E-state index in [0.717, 1.165) is 21.7 Å². The number of ether oxygens (including phenoxy) is 1. The van der Waals surface area contributed by atoms with Crippen LogP contribution in [0.1, 0.15) is 30.7 Å². The molecular formula is C24H19ClF3N3O3. The Labute approximate surface area is 197 Å². The van der Waals surface area contributed by atoms with Crippen LogP contribution in [-0.2, 0) is 4.79 Å². The van der Waals surface area contributed by atoms with Gasteiger partial charge in [0.1, 0.15) is 5.75 Å². The Morgan fingerprint density at radius 3 is 2.68 bits per heavy atom. The Hall–Kier alpha value is -3.33. The van der Waals surface area contributed by atoms with Crippen LogP contribution in [0, 0.1) is 5.92 Å². The summed E-state index contributed by atoms with van der Waals surface area (Å²) in [5.41, 5.74) is 0.922. The number of nitrogens with one attached hydrogen (secondary N) is 1. The molecule has 5 rings (SSSR count). The maximum Gasteiger partial charge on any atom is 0.573 e. The third-order valence-electron chi connectivity index (χ3n) is 6.43. The van der Waals surface area contributed by atoms with Gasteiger partial charge < -0.3 is 10.1 Å². The first kappa shape index (κ1) is 22.5. The number of nitrogens with zero attached hydrogens (tertiary/aromatic N) is 2. The maximum atomic E-state index is 13.4. The molecule has 176 valence electrons. The second-order valence-electron chi connectivity index (χ2n) is 8.46. The standard InChI is InChI=1S/C24H19ClF3N3O3/c25-19-8-6-15(34-24(26,27)28)10-18(19)13-5-7-17-20(9-13)30-23(33)31(22(17)32)21-12-29-11-14-3-1-2-4-16(14)21/h1-4,6,8,10-13,17,20H,5,7,9H2,(H,30,33). The van der Waals surface area contributed by atoms with Crippen LogP contribution in [0.25, 0.3) is 10.8 Å². The molecule has 3 aromatic rings. The zero-order valence-electron chi connectivity index (χ0n) is 17.7. The fourth-order valence-corrected chi connectivity index (χ4v) is 5.21. The summed E-state index contributed by atoms with van der Waals surface area (Å²) in [5.74, 6) is -1.36. The minimum Gasteiger partial charge on any atom is -0.406 e. The molecule has 1 saturated carbocycles. The van der Waals surface area contributed by atoms with E-state index in [4.69, 9.17) is 11.6 Å². The van der Waals surface area contributed by atoms with Crippen molar-refractivity contribution in [2.75, 3.05) is 4.90 Å². The van der Waals surface area contributed by atoms with Gasteiger partial charge in [-0.05, 0) is 48.9 Å². The van der Waals surface area contributed by atoms with E-state index in [1.165, 1.54) is 18.3 Å². The number of hydrogen-bond donors (Lipinski definition) is 1. The molecule has 0 bridgehead atoms. The molecule has 1 aliphatic heterocycles. The summed E-state index contributed by atoms with van der Waals surface area (Å²) < 4.78 is 42.0. The van der Waals surface area contributed by atoms with Crippen LogP contribution in [0.3, 0.4) is 0 Å². The Kier molecular flexibility index (Phi) is 5.59. The molecule has 3 amide bonds. The van der Waals surface area contributed by atoms with E-state index in [1.807, 2.05) is 24.3 Å². The van der Waals surface area contributed by atoms with Gasteiger partial charge in [0.25, 0.3) is 0 Å². The molecule has 2 aromatic carbocycles. The molecule has 3 unspecified atom stereocenters. The normalized spacial score (nSPS) is 22.9. The summed E-state index contributed by atoms with van der Waals surface area (Å²) >= 11 is 6.29. The molecule has 1 saturated heterocycles. The van der Waals surface area contributed by atoms with Gasteiger partial charge in [0.05, 0.1) is 17.8 Å². The Balaban J connectivity index is 1.39. The quantitative estimate of drug-likeness (QED) is 0.505. The molecule has 0 radical (unpaired) electrons. The third kappa shape index (κ3) is 4.16. The number of urea groups is 1. The van der Waals surface area contributed by atoms with Crippen LogP contribution in [0.2, 0.25) is 5.02 Å². The van der Waals surface area contributed by atoms with E-state index in [9.17, 15) is 22.8 Å². The first-order valence-corrected chi connectivity index (χ1v) is 11.1. The number of rotatable bonds is 3. The van der Waals surface area contributed by atoms with E-state index in [-0.39, 0.29) is 17.6 Å². The number of alkyl halides is 3. The number of aromatic nitrogens is 1. The summed E-state index contributed by atoms with van der Waals surface area (Å²) in [5, 5.41) is 4.78. The second kappa shape index (κ2) is 8.47. The lowest BCUT2D eigenvalue weighted by Gasteiger charge is -2.42. The highest BCUT2D eigenvalue weighted by Gasteiger charge is 2.45. The molecule has 6 nitrogen and oxygen atoms in total. The lowest BCUT2D eigenvalue weighted by molar-refractivity contribution is -0.274. The number of imide groups is 1. The molecule has 1 aromatic heterocycles. The minimum absolute atomic E-state index is 0.232. The van der Waals surface area contributed by atoms with Crippen LogP contribution >= 0.6 is 11.6 Å². The van der Waals surface area contributed by atoms with Crippen molar-refractivity contribution in [3.63, 3.8) is 0 Å². The number of halogens is 4. The average Bonchev–Trinajstić information content (AvgIpc) is 2.79. The molecule has 3 atom stereocenters. The van der Waals surface area contributed by atoms with E-state index < -0.39 is 24.4 Å². The largest absolute Gasteiger partial charge is 0.573 e. The predicted octanol–water partition coefficient (Wildman–Crippen LogP) is 5.80.